The van der Waals surface area contributed by atoms with Crippen molar-refractivity contribution >= 4 is 41.2 Å². The Balaban J connectivity index is 0.00000208. The van der Waals surface area contributed by atoms with Crippen LogP contribution in [0, 0.1) is 0 Å². The summed E-state index contributed by atoms with van der Waals surface area (Å²) in [6.45, 7) is 2.25. The molecule has 8 heteroatoms. The predicted octanol–water partition coefficient (Wildman–Crippen LogP) is 1.67. The van der Waals surface area contributed by atoms with E-state index in [9.17, 15) is 9.59 Å². The molecule has 0 bridgehead atoms. The molecule has 1 aliphatic heterocycles. The summed E-state index contributed by atoms with van der Waals surface area (Å²) in [6, 6.07) is 5.34. The van der Waals surface area contributed by atoms with Crippen LogP contribution in [0.25, 0.3) is 0 Å². The number of thiophene rings is 1. The summed E-state index contributed by atoms with van der Waals surface area (Å²) in [5, 5.41) is 3.75. The molecule has 2 aromatic heterocycles. The van der Waals surface area contributed by atoms with Crippen LogP contribution in [0.4, 0.5) is 5.69 Å². The maximum absolute atomic E-state index is 12.3. The largest absolute Gasteiger partial charge is 0.397 e. The van der Waals surface area contributed by atoms with E-state index < -0.39 is 0 Å². The number of carbonyl (C=O) groups excluding carboxylic acids is 2. The van der Waals surface area contributed by atoms with Gasteiger partial charge in [0.1, 0.15) is 0 Å². The molecular formula is C16H19ClN4O2S. The number of hydrogen-bond donors (Lipinski definition) is 1. The van der Waals surface area contributed by atoms with Gasteiger partial charge in [0, 0.05) is 37.3 Å². The number of aromatic nitrogens is 1. The van der Waals surface area contributed by atoms with Crippen LogP contribution in [0.5, 0.6) is 0 Å². The van der Waals surface area contributed by atoms with E-state index in [1.807, 2.05) is 16.8 Å². The summed E-state index contributed by atoms with van der Waals surface area (Å²) in [6.07, 6.45) is 1.82. The standard InChI is InChI=1S/C16H18N4O2S.ClH/c17-13-1-2-14(18-10-13)9-15(21)19-4-6-20(7-5-19)16(22)12-3-8-23-11-12;/h1-3,8,10-11H,4-7,9,17H2;1H. The fourth-order valence-corrected chi connectivity index (χ4v) is 3.16. The van der Waals surface area contributed by atoms with Crippen molar-refractivity contribution in [3.05, 3.63) is 46.4 Å². The fourth-order valence-electron chi connectivity index (χ4n) is 2.53. The molecule has 0 atom stereocenters. The molecule has 1 saturated heterocycles. The van der Waals surface area contributed by atoms with Gasteiger partial charge < -0.3 is 15.5 Å². The average molecular weight is 367 g/mol. The lowest BCUT2D eigenvalue weighted by molar-refractivity contribution is -0.132. The Labute approximate surface area is 150 Å². The van der Waals surface area contributed by atoms with Gasteiger partial charge in [0.2, 0.25) is 5.91 Å². The number of rotatable bonds is 3. The van der Waals surface area contributed by atoms with E-state index in [0.717, 1.165) is 5.56 Å². The van der Waals surface area contributed by atoms with Crippen molar-refractivity contribution < 1.29 is 9.59 Å². The van der Waals surface area contributed by atoms with Crippen molar-refractivity contribution in [1.29, 1.82) is 0 Å². The van der Waals surface area contributed by atoms with Crippen LogP contribution in [0.1, 0.15) is 16.1 Å². The van der Waals surface area contributed by atoms with Gasteiger partial charge in [-0.15, -0.1) is 12.4 Å². The molecule has 3 rings (SSSR count). The maximum Gasteiger partial charge on any atom is 0.254 e. The summed E-state index contributed by atoms with van der Waals surface area (Å²) < 4.78 is 0. The predicted molar refractivity (Wildman–Crippen MR) is 96.4 cm³/mol. The summed E-state index contributed by atoms with van der Waals surface area (Å²) in [5.41, 5.74) is 7.61. The molecule has 2 amide bonds. The van der Waals surface area contributed by atoms with E-state index in [2.05, 4.69) is 4.98 Å². The van der Waals surface area contributed by atoms with Gasteiger partial charge in [0.15, 0.2) is 0 Å². The highest BCUT2D eigenvalue weighted by atomic mass is 35.5. The normalized spacial score (nSPS) is 14.2. The third-order valence-electron chi connectivity index (χ3n) is 3.87. The molecule has 0 saturated carbocycles. The number of nitrogens with two attached hydrogens (primary N) is 1. The second-order valence-corrected chi connectivity index (χ2v) is 6.22. The molecule has 0 radical (unpaired) electrons. The Hall–Kier alpha value is -2.12. The van der Waals surface area contributed by atoms with Crippen molar-refractivity contribution in [2.24, 2.45) is 0 Å². The van der Waals surface area contributed by atoms with Crippen LogP contribution in [-0.2, 0) is 11.2 Å². The van der Waals surface area contributed by atoms with E-state index >= 15 is 0 Å². The molecule has 0 unspecified atom stereocenters. The summed E-state index contributed by atoms with van der Waals surface area (Å²) >= 11 is 1.51. The van der Waals surface area contributed by atoms with Crippen LogP contribution < -0.4 is 5.73 Å². The van der Waals surface area contributed by atoms with Crippen LogP contribution in [0.15, 0.2) is 35.2 Å². The van der Waals surface area contributed by atoms with Crippen molar-refractivity contribution in [2.45, 2.75) is 6.42 Å². The van der Waals surface area contributed by atoms with Crippen LogP contribution >= 0.6 is 23.7 Å². The molecule has 0 aliphatic carbocycles. The van der Waals surface area contributed by atoms with Crippen molar-refractivity contribution in [2.75, 3.05) is 31.9 Å². The highest BCUT2D eigenvalue weighted by Gasteiger charge is 2.25. The summed E-state index contributed by atoms with van der Waals surface area (Å²) in [4.78, 5) is 32.3. The van der Waals surface area contributed by atoms with Crippen LogP contribution in [-0.4, -0.2) is 52.8 Å². The van der Waals surface area contributed by atoms with Gasteiger partial charge in [0.05, 0.1) is 23.9 Å². The molecule has 6 nitrogen and oxygen atoms in total. The van der Waals surface area contributed by atoms with Gasteiger partial charge in [-0.2, -0.15) is 11.3 Å². The highest BCUT2D eigenvalue weighted by Crippen LogP contribution is 2.13. The average Bonchev–Trinajstić information content (AvgIpc) is 3.11. The van der Waals surface area contributed by atoms with Crippen molar-refractivity contribution in [3.63, 3.8) is 0 Å². The minimum absolute atomic E-state index is 0. The van der Waals surface area contributed by atoms with E-state index in [-0.39, 0.29) is 30.6 Å². The second kappa shape index (κ2) is 8.12. The third kappa shape index (κ3) is 4.24. The first-order valence-electron chi connectivity index (χ1n) is 7.43. The van der Waals surface area contributed by atoms with Gasteiger partial charge in [-0.1, -0.05) is 0 Å². The molecule has 0 spiro atoms. The van der Waals surface area contributed by atoms with E-state index in [4.69, 9.17) is 5.73 Å². The molecular weight excluding hydrogens is 348 g/mol. The number of hydrogen-bond acceptors (Lipinski definition) is 5. The van der Waals surface area contributed by atoms with Crippen LogP contribution in [0.3, 0.4) is 0 Å². The molecule has 0 aromatic carbocycles. The molecule has 1 fully saturated rings. The Morgan fingerprint density at radius 3 is 2.42 bits per heavy atom. The monoisotopic (exact) mass is 366 g/mol. The van der Waals surface area contributed by atoms with Gasteiger partial charge in [-0.05, 0) is 23.6 Å². The lowest BCUT2D eigenvalue weighted by Crippen LogP contribution is -2.51. The molecule has 24 heavy (non-hydrogen) atoms. The Kier molecular flexibility index (Phi) is 6.16. The first-order valence-corrected chi connectivity index (χ1v) is 8.37. The molecule has 2 aromatic rings. The number of pyridine rings is 1. The molecule has 2 N–H and O–H groups in total. The third-order valence-corrected chi connectivity index (χ3v) is 4.55. The van der Waals surface area contributed by atoms with E-state index in [1.54, 1.807) is 28.1 Å². The van der Waals surface area contributed by atoms with Gasteiger partial charge in [-0.25, -0.2) is 0 Å². The minimum Gasteiger partial charge on any atom is -0.397 e. The van der Waals surface area contributed by atoms with Crippen molar-refractivity contribution in [3.8, 4) is 0 Å². The number of nitrogen functional groups attached to an aromatic ring is 1. The van der Waals surface area contributed by atoms with E-state index in [1.165, 1.54) is 11.3 Å². The van der Waals surface area contributed by atoms with E-state index in [0.29, 0.717) is 37.6 Å². The number of piperazine rings is 1. The zero-order chi connectivity index (χ0) is 16.2. The lowest BCUT2D eigenvalue weighted by Gasteiger charge is -2.34. The van der Waals surface area contributed by atoms with Crippen LogP contribution in [0.2, 0.25) is 0 Å². The molecule has 1 aliphatic rings. The van der Waals surface area contributed by atoms with Gasteiger partial charge in [0.25, 0.3) is 5.91 Å². The van der Waals surface area contributed by atoms with Gasteiger partial charge in [-0.3, -0.25) is 14.6 Å². The minimum atomic E-state index is 0. The maximum atomic E-state index is 12.3. The molecule has 128 valence electrons. The first kappa shape index (κ1) is 18.2. The zero-order valence-electron chi connectivity index (χ0n) is 13.1. The first-order chi connectivity index (χ1) is 11.1. The number of nitrogens with zero attached hydrogens (tertiary/aromatic N) is 3. The topological polar surface area (TPSA) is 79.5 Å². The Morgan fingerprint density at radius 2 is 1.83 bits per heavy atom. The summed E-state index contributed by atoms with van der Waals surface area (Å²) in [5.74, 6) is 0.0726. The highest BCUT2D eigenvalue weighted by molar-refractivity contribution is 7.08. The number of halogens is 1. The van der Waals surface area contributed by atoms with Gasteiger partial charge >= 0.3 is 0 Å². The zero-order valence-corrected chi connectivity index (χ0v) is 14.7. The Bertz CT molecular complexity index is 683. The lowest BCUT2D eigenvalue weighted by atomic mass is 10.2. The second-order valence-electron chi connectivity index (χ2n) is 5.44. The Morgan fingerprint density at radius 1 is 1.12 bits per heavy atom. The molecule has 3 heterocycles. The SMILES string of the molecule is Cl.Nc1ccc(CC(=O)N2CCN(C(=O)c3ccsc3)CC2)nc1. The quantitative estimate of drug-likeness (QED) is 0.896. The smallest absolute Gasteiger partial charge is 0.254 e. The summed E-state index contributed by atoms with van der Waals surface area (Å²) in [7, 11) is 0. The van der Waals surface area contributed by atoms with Crippen molar-refractivity contribution in [1.82, 2.24) is 14.8 Å². The number of anilines is 1. The number of carbonyl (C=O) groups is 2. The fraction of sp³-hybridized carbons (Fsp3) is 0.312. The number of amides is 2.